The summed E-state index contributed by atoms with van der Waals surface area (Å²) in [5.74, 6) is 0.153. The van der Waals surface area contributed by atoms with Crippen LogP contribution >= 0.6 is 0 Å². The highest BCUT2D eigenvalue weighted by molar-refractivity contribution is 5.68. The summed E-state index contributed by atoms with van der Waals surface area (Å²) in [6.45, 7) is 4.83. The second-order valence-corrected chi connectivity index (χ2v) is 9.02. The SMILES string of the molecule is C=C/C=C\C=C/C/C=C/c1ccccc1N(C)CC1=CC=C(COc2ccc(CCC=O)c(F)c2)CC=C1. The molecule has 0 saturated carbocycles. The predicted octanol–water partition coefficient (Wildman–Crippen LogP) is 7.99. The lowest BCUT2D eigenvalue weighted by atomic mass is 10.1. The van der Waals surface area contributed by atoms with E-state index in [4.69, 9.17) is 4.74 Å². The van der Waals surface area contributed by atoms with Gasteiger partial charge in [-0.1, -0.05) is 97.7 Å². The maximum absolute atomic E-state index is 14.2. The molecule has 1 aliphatic rings. The van der Waals surface area contributed by atoms with Crippen LogP contribution in [-0.4, -0.2) is 26.5 Å². The summed E-state index contributed by atoms with van der Waals surface area (Å²) in [7, 11) is 2.10. The lowest BCUT2D eigenvalue weighted by molar-refractivity contribution is -0.107. The van der Waals surface area contributed by atoms with Crippen LogP contribution in [0.15, 0.2) is 121 Å². The number of halogens is 1. The van der Waals surface area contributed by atoms with Crippen LogP contribution in [0.3, 0.4) is 0 Å². The minimum absolute atomic E-state index is 0.314. The number of rotatable bonds is 14. The number of hydrogen-bond donors (Lipinski definition) is 0. The average molecular weight is 510 g/mol. The van der Waals surface area contributed by atoms with Crippen LogP contribution in [0.25, 0.3) is 6.08 Å². The van der Waals surface area contributed by atoms with Gasteiger partial charge < -0.3 is 14.4 Å². The Morgan fingerprint density at radius 2 is 1.95 bits per heavy atom. The number of aryl methyl sites for hydroxylation is 1. The van der Waals surface area contributed by atoms with Gasteiger partial charge in [0.25, 0.3) is 0 Å². The first kappa shape index (κ1) is 28.4. The second kappa shape index (κ2) is 15.8. The molecule has 0 radical (unpaired) electrons. The van der Waals surface area contributed by atoms with Crippen molar-refractivity contribution in [1.82, 2.24) is 0 Å². The Kier molecular flexibility index (Phi) is 11.8. The lowest BCUT2D eigenvalue weighted by Crippen LogP contribution is -2.20. The molecule has 0 aliphatic heterocycles. The van der Waals surface area contributed by atoms with Gasteiger partial charge in [0.1, 0.15) is 24.5 Å². The zero-order valence-electron chi connectivity index (χ0n) is 22.1. The van der Waals surface area contributed by atoms with E-state index >= 15 is 0 Å². The molecule has 3 rings (SSSR count). The summed E-state index contributed by atoms with van der Waals surface area (Å²) in [5.41, 5.74) is 5.19. The van der Waals surface area contributed by atoms with E-state index in [-0.39, 0.29) is 5.82 Å². The largest absolute Gasteiger partial charge is 0.489 e. The number of likely N-dealkylation sites (N-methyl/N-ethyl adjacent to an activating group) is 1. The molecule has 0 bridgehead atoms. The standard InChI is InChI=1S/C34H36FNO2/c1-3-4-5-6-7-8-9-16-31-17-10-11-19-34(31)36(2)26-28-14-12-15-29(21-20-28)27-38-32-23-22-30(18-13-24-37)33(35)25-32/h3-7,9-12,14,16-17,19-25H,1,8,13,15,18,26-27H2,2H3/b5-4-,7-6-,16-9+. The minimum atomic E-state index is -0.337. The molecular formula is C34H36FNO2. The highest BCUT2D eigenvalue weighted by Gasteiger charge is 2.09. The molecule has 0 fully saturated rings. The average Bonchev–Trinajstić information content (AvgIpc) is 3.16. The minimum Gasteiger partial charge on any atom is -0.489 e. The lowest BCUT2D eigenvalue weighted by Gasteiger charge is -2.22. The van der Waals surface area contributed by atoms with Gasteiger partial charge in [0, 0.05) is 31.8 Å². The summed E-state index contributed by atoms with van der Waals surface area (Å²) in [4.78, 5) is 12.8. The monoisotopic (exact) mass is 509 g/mol. The zero-order valence-corrected chi connectivity index (χ0v) is 22.1. The first-order valence-corrected chi connectivity index (χ1v) is 12.9. The van der Waals surface area contributed by atoms with Crippen LogP contribution < -0.4 is 9.64 Å². The Hall–Kier alpha value is -4.18. The van der Waals surface area contributed by atoms with Crippen molar-refractivity contribution < 1.29 is 13.9 Å². The Bertz CT molecular complexity index is 1260. The van der Waals surface area contributed by atoms with Crippen molar-refractivity contribution in [3.63, 3.8) is 0 Å². The van der Waals surface area contributed by atoms with Crippen LogP contribution in [-0.2, 0) is 11.2 Å². The molecule has 2 aromatic rings. The molecule has 0 amide bonds. The number of aldehydes is 1. The number of nitrogens with zero attached hydrogens (tertiary/aromatic N) is 1. The predicted molar refractivity (Wildman–Crippen MR) is 158 cm³/mol. The maximum Gasteiger partial charge on any atom is 0.130 e. The Morgan fingerprint density at radius 3 is 2.76 bits per heavy atom. The number of allylic oxidation sites excluding steroid dienone is 9. The molecule has 0 heterocycles. The third-order valence-corrected chi connectivity index (χ3v) is 6.06. The van der Waals surface area contributed by atoms with Crippen LogP contribution in [0.2, 0.25) is 0 Å². The van der Waals surface area contributed by atoms with Crippen LogP contribution in [0.4, 0.5) is 10.1 Å². The topological polar surface area (TPSA) is 29.5 Å². The smallest absolute Gasteiger partial charge is 0.130 e. The molecule has 38 heavy (non-hydrogen) atoms. The molecule has 0 N–H and O–H groups in total. The molecule has 1 aliphatic carbocycles. The van der Waals surface area contributed by atoms with E-state index < -0.39 is 0 Å². The van der Waals surface area contributed by atoms with E-state index in [1.807, 2.05) is 18.2 Å². The van der Waals surface area contributed by atoms with Crippen molar-refractivity contribution in [2.45, 2.75) is 25.7 Å². The van der Waals surface area contributed by atoms with Gasteiger partial charge in [-0.2, -0.15) is 0 Å². The summed E-state index contributed by atoms with van der Waals surface area (Å²) in [6.07, 6.45) is 25.8. The van der Waals surface area contributed by atoms with Crippen molar-refractivity contribution in [3.8, 4) is 5.75 Å². The van der Waals surface area contributed by atoms with Crippen molar-refractivity contribution >= 4 is 18.0 Å². The van der Waals surface area contributed by atoms with Crippen molar-refractivity contribution in [3.05, 3.63) is 138 Å². The number of anilines is 1. The van der Waals surface area contributed by atoms with Crippen LogP contribution in [0.5, 0.6) is 5.75 Å². The first-order valence-electron chi connectivity index (χ1n) is 12.9. The van der Waals surface area contributed by atoms with Gasteiger partial charge in [-0.3, -0.25) is 0 Å². The van der Waals surface area contributed by atoms with Crippen LogP contribution in [0, 0.1) is 5.82 Å². The highest BCUT2D eigenvalue weighted by Crippen LogP contribution is 2.23. The summed E-state index contributed by atoms with van der Waals surface area (Å²) < 4.78 is 20.1. The Labute approximate surface area is 226 Å². The maximum atomic E-state index is 14.2. The number of hydrogen-bond acceptors (Lipinski definition) is 3. The fourth-order valence-electron chi connectivity index (χ4n) is 4.04. The molecule has 4 heteroatoms. The molecule has 0 spiro atoms. The summed E-state index contributed by atoms with van der Waals surface area (Å²) in [5, 5.41) is 0. The summed E-state index contributed by atoms with van der Waals surface area (Å²) in [6, 6.07) is 13.2. The van der Waals surface area contributed by atoms with Crippen molar-refractivity contribution in [1.29, 1.82) is 0 Å². The molecule has 0 saturated heterocycles. The number of carbonyl (C=O) groups excluding carboxylic acids is 1. The van der Waals surface area contributed by atoms with E-state index in [0.29, 0.717) is 30.8 Å². The van der Waals surface area contributed by atoms with Gasteiger partial charge in [-0.25, -0.2) is 4.39 Å². The van der Waals surface area contributed by atoms with Crippen molar-refractivity contribution in [2.75, 3.05) is 25.1 Å². The van der Waals surface area contributed by atoms with Crippen LogP contribution in [0.1, 0.15) is 30.4 Å². The molecular weight excluding hydrogens is 473 g/mol. The van der Waals surface area contributed by atoms with Crippen molar-refractivity contribution in [2.24, 2.45) is 0 Å². The van der Waals surface area contributed by atoms with E-state index in [9.17, 15) is 9.18 Å². The quantitative estimate of drug-likeness (QED) is 0.191. The van der Waals surface area contributed by atoms with Gasteiger partial charge in [-0.05, 0) is 53.7 Å². The number of benzene rings is 2. The third kappa shape index (κ3) is 9.36. The first-order chi connectivity index (χ1) is 18.6. The second-order valence-electron chi connectivity index (χ2n) is 9.02. The normalized spacial score (nSPS) is 13.5. The van der Waals surface area contributed by atoms with E-state index in [1.54, 1.807) is 18.2 Å². The molecule has 196 valence electrons. The van der Waals surface area contributed by atoms with Gasteiger partial charge in [0.2, 0.25) is 0 Å². The molecule has 0 atom stereocenters. The molecule has 3 nitrogen and oxygen atoms in total. The summed E-state index contributed by atoms with van der Waals surface area (Å²) >= 11 is 0. The molecule has 0 aromatic heterocycles. The number of ether oxygens (including phenoxy) is 1. The molecule has 0 unspecified atom stereocenters. The Balaban J connectivity index is 1.58. The van der Waals surface area contributed by atoms with E-state index in [2.05, 4.69) is 85.3 Å². The Morgan fingerprint density at radius 1 is 1.08 bits per heavy atom. The molecule has 2 aromatic carbocycles. The number of para-hydroxylation sites is 1. The van der Waals surface area contributed by atoms with Gasteiger partial charge in [0.15, 0.2) is 0 Å². The fraction of sp³-hybridized carbons (Fsp3) is 0.206. The van der Waals surface area contributed by atoms with Gasteiger partial charge >= 0.3 is 0 Å². The fourth-order valence-corrected chi connectivity index (χ4v) is 4.04. The van der Waals surface area contributed by atoms with Gasteiger partial charge in [0.05, 0.1) is 0 Å². The van der Waals surface area contributed by atoms with E-state index in [0.717, 1.165) is 31.2 Å². The number of carbonyl (C=O) groups is 1. The third-order valence-electron chi connectivity index (χ3n) is 6.06. The van der Waals surface area contributed by atoms with E-state index in [1.165, 1.54) is 22.9 Å². The zero-order chi connectivity index (χ0) is 27.0. The highest BCUT2D eigenvalue weighted by atomic mass is 19.1. The van der Waals surface area contributed by atoms with Gasteiger partial charge in [-0.15, -0.1) is 0 Å².